The van der Waals surface area contributed by atoms with Gasteiger partial charge in [-0.3, -0.25) is 0 Å². The van der Waals surface area contributed by atoms with E-state index in [0.29, 0.717) is 0 Å². The first-order valence-corrected chi connectivity index (χ1v) is 4.75. The third-order valence-corrected chi connectivity index (χ3v) is 2.66. The summed E-state index contributed by atoms with van der Waals surface area (Å²) in [5, 5.41) is 0. The number of hydrogen-bond donors (Lipinski definition) is 0. The summed E-state index contributed by atoms with van der Waals surface area (Å²) in [5.74, 6) is 0. The van der Waals surface area contributed by atoms with Crippen LogP contribution in [0.1, 0.15) is 0 Å². The Labute approximate surface area is 83.6 Å². The SMILES string of the molecule is C=C1C=C1C1=CC=CC1=C1C=CC=C1. The van der Waals surface area contributed by atoms with Gasteiger partial charge in [-0.1, -0.05) is 49.1 Å². The van der Waals surface area contributed by atoms with Gasteiger partial charge in [-0.25, -0.2) is 0 Å². The van der Waals surface area contributed by atoms with Crippen LogP contribution in [0.3, 0.4) is 0 Å². The average Bonchev–Trinajstić information content (AvgIpc) is 2.71. The van der Waals surface area contributed by atoms with Crippen molar-refractivity contribution in [2.45, 2.75) is 0 Å². The van der Waals surface area contributed by atoms with Crippen molar-refractivity contribution in [3.63, 3.8) is 0 Å². The molecule has 0 unspecified atom stereocenters. The van der Waals surface area contributed by atoms with Crippen molar-refractivity contribution >= 4 is 0 Å². The summed E-state index contributed by atoms with van der Waals surface area (Å²) < 4.78 is 0. The molecule has 0 N–H and O–H groups in total. The normalized spacial score (nSPS) is 22.1. The average molecular weight is 178 g/mol. The molecule has 3 aliphatic rings. The molecule has 14 heavy (non-hydrogen) atoms. The molecule has 0 aromatic carbocycles. The lowest BCUT2D eigenvalue weighted by Gasteiger charge is -2.02. The van der Waals surface area contributed by atoms with E-state index in [4.69, 9.17) is 0 Å². The van der Waals surface area contributed by atoms with Gasteiger partial charge in [-0.15, -0.1) is 0 Å². The van der Waals surface area contributed by atoms with Crippen LogP contribution in [-0.2, 0) is 0 Å². The highest BCUT2D eigenvalue weighted by molar-refractivity contribution is 5.76. The Balaban J connectivity index is 2.06. The summed E-state index contributed by atoms with van der Waals surface area (Å²) in [5.41, 5.74) is 6.42. The maximum Gasteiger partial charge on any atom is -0.00994 e. The van der Waals surface area contributed by atoms with Crippen LogP contribution >= 0.6 is 0 Å². The molecule has 0 fully saturated rings. The minimum absolute atomic E-state index is 1.17. The van der Waals surface area contributed by atoms with Gasteiger partial charge >= 0.3 is 0 Å². The Bertz CT molecular complexity index is 486. The first-order valence-electron chi connectivity index (χ1n) is 4.75. The minimum Gasteiger partial charge on any atom is -0.0911 e. The molecule has 0 radical (unpaired) electrons. The third-order valence-electron chi connectivity index (χ3n) is 2.66. The van der Waals surface area contributed by atoms with E-state index < -0.39 is 0 Å². The largest absolute Gasteiger partial charge is 0.0911 e. The van der Waals surface area contributed by atoms with E-state index in [1.54, 1.807) is 0 Å². The van der Waals surface area contributed by atoms with Crippen molar-refractivity contribution in [1.29, 1.82) is 0 Å². The molecular formula is C14H10. The van der Waals surface area contributed by atoms with Gasteiger partial charge in [-0.2, -0.15) is 0 Å². The van der Waals surface area contributed by atoms with Crippen LogP contribution in [0, 0.1) is 0 Å². The van der Waals surface area contributed by atoms with Crippen LogP contribution in [0.25, 0.3) is 0 Å². The highest BCUT2D eigenvalue weighted by Gasteiger charge is 2.23. The molecule has 0 aliphatic heterocycles. The van der Waals surface area contributed by atoms with Gasteiger partial charge in [0.2, 0.25) is 0 Å². The van der Waals surface area contributed by atoms with E-state index in [9.17, 15) is 0 Å². The maximum atomic E-state index is 3.93. The van der Waals surface area contributed by atoms with Crippen molar-refractivity contribution in [2.75, 3.05) is 0 Å². The van der Waals surface area contributed by atoms with Gasteiger partial charge in [0.15, 0.2) is 0 Å². The molecule has 0 heteroatoms. The molecule has 0 amide bonds. The van der Waals surface area contributed by atoms with Crippen LogP contribution in [0.2, 0.25) is 0 Å². The van der Waals surface area contributed by atoms with Gasteiger partial charge in [0.1, 0.15) is 0 Å². The fraction of sp³-hybridized carbons (Fsp3) is 0. The van der Waals surface area contributed by atoms with E-state index in [1.807, 2.05) is 0 Å². The maximum absolute atomic E-state index is 3.93. The number of allylic oxidation sites excluding steroid dienone is 13. The number of hydrogen-bond acceptors (Lipinski definition) is 0. The zero-order chi connectivity index (χ0) is 9.54. The Hall–Kier alpha value is -1.82. The van der Waals surface area contributed by atoms with Gasteiger partial charge in [0, 0.05) is 0 Å². The molecular weight excluding hydrogens is 168 g/mol. The minimum atomic E-state index is 1.17. The second kappa shape index (κ2) is 2.58. The van der Waals surface area contributed by atoms with E-state index >= 15 is 0 Å². The molecule has 0 spiro atoms. The molecule has 3 aliphatic carbocycles. The highest BCUT2D eigenvalue weighted by atomic mass is 14.3. The van der Waals surface area contributed by atoms with Crippen molar-refractivity contribution in [3.05, 3.63) is 83.1 Å². The lowest BCUT2D eigenvalue weighted by Crippen LogP contribution is -1.85. The Morgan fingerprint density at radius 3 is 2.21 bits per heavy atom. The summed E-state index contributed by atoms with van der Waals surface area (Å²) in [6.07, 6.45) is 17.0. The quantitative estimate of drug-likeness (QED) is 0.577. The van der Waals surface area contributed by atoms with Gasteiger partial charge in [-0.05, 0) is 33.9 Å². The molecule has 0 atom stereocenters. The van der Waals surface area contributed by atoms with Gasteiger partial charge in [0.25, 0.3) is 0 Å². The molecule has 3 rings (SSSR count). The van der Waals surface area contributed by atoms with Crippen molar-refractivity contribution < 1.29 is 0 Å². The predicted octanol–water partition coefficient (Wildman–Crippen LogP) is 3.40. The number of rotatable bonds is 1. The second-order valence-corrected chi connectivity index (χ2v) is 3.61. The van der Waals surface area contributed by atoms with Crippen LogP contribution in [-0.4, -0.2) is 0 Å². The van der Waals surface area contributed by atoms with Crippen LogP contribution < -0.4 is 0 Å². The zero-order valence-corrected chi connectivity index (χ0v) is 7.83. The lowest BCUT2D eigenvalue weighted by molar-refractivity contribution is 1.51. The van der Waals surface area contributed by atoms with E-state index in [2.05, 4.69) is 55.2 Å². The Morgan fingerprint density at radius 2 is 1.57 bits per heavy atom. The van der Waals surface area contributed by atoms with Crippen LogP contribution in [0.15, 0.2) is 83.1 Å². The van der Waals surface area contributed by atoms with Gasteiger partial charge < -0.3 is 0 Å². The van der Waals surface area contributed by atoms with E-state index in [0.717, 1.165) is 0 Å². The molecule has 0 saturated heterocycles. The van der Waals surface area contributed by atoms with E-state index in [-0.39, 0.29) is 0 Å². The first kappa shape index (κ1) is 7.57. The van der Waals surface area contributed by atoms with E-state index in [1.165, 1.54) is 27.9 Å². The molecule has 0 saturated carbocycles. The van der Waals surface area contributed by atoms with Crippen molar-refractivity contribution in [1.82, 2.24) is 0 Å². The smallest absolute Gasteiger partial charge is 0.00994 e. The monoisotopic (exact) mass is 178 g/mol. The fourth-order valence-electron chi connectivity index (χ4n) is 1.85. The van der Waals surface area contributed by atoms with Crippen molar-refractivity contribution in [2.24, 2.45) is 0 Å². The molecule has 0 aromatic heterocycles. The summed E-state index contributed by atoms with van der Waals surface area (Å²) in [6, 6.07) is 0. The van der Waals surface area contributed by atoms with Crippen molar-refractivity contribution in [3.8, 4) is 0 Å². The van der Waals surface area contributed by atoms with Gasteiger partial charge in [0.05, 0.1) is 0 Å². The standard InChI is InChI=1S/C14H10/c1-10-9-14(10)13-8-4-7-12(13)11-5-2-3-6-11/h2-9H,1H2. The summed E-state index contributed by atoms with van der Waals surface area (Å²) in [6.45, 7) is 3.93. The van der Waals surface area contributed by atoms with Crippen LogP contribution in [0.4, 0.5) is 0 Å². The third kappa shape index (κ3) is 1.01. The topological polar surface area (TPSA) is 0 Å². The molecule has 0 aromatic rings. The molecule has 66 valence electrons. The zero-order valence-electron chi connectivity index (χ0n) is 7.83. The molecule has 0 heterocycles. The first-order chi connectivity index (χ1) is 6.86. The highest BCUT2D eigenvalue weighted by Crippen LogP contribution is 2.40. The summed E-state index contributed by atoms with van der Waals surface area (Å²) in [7, 11) is 0. The molecule has 0 nitrogen and oxygen atoms in total. The lowest BCUT2D eigenvalue weighted by atomic mass is 10.0. The Morgan fingerprint density at radius 1 is 0.857 bits per heavy atom. The predicted molar refractivity (Wildman–Crippen MR) is 59.8 cm³/mol. The summed E-state index contributed by atoms with van der Waals surface area (Å²) >= 11 is 0. The van der Waals surface area contributed by atoms with Crippen LogP contribution in [0.5, 0.6) is 0 Å². The fourth-order valence-corrected chi connectivity index (χ4v) is 1.85. The second-order valence-electron chi connectivity index (χ2n) is 3.61. The summed E-state index contributed by atoms with van der Waals surface area (Å²) in [4.78, 5) is 0. The Kier molecular flexibility index (Phi) is 1.40. The molecule has 0 bridgehead atoms.